The second-order valence-corrected chi connectivity index (χ2v) is 7.98. The molecule has 1 aromatic carbocycles. The molecule has 0 N–H and O–H groups in total. The lowest BCUT2D eigenvalue weighted by Crippen LogP contribution is -2.13. The van der Waals surface area contributed by atoms with Crippen LogP contribution in [0.4, 0.5) is 0 Å². The van der Waals surface area contributed by atoms with Crippen molar-refractivity contribution < 1.29 is 9.53 Å². The Labute approximate surface area is 183 Å². The van der Waals surface area contributed by atoms with Gasteiger partial charge in [0.25, 0.3) is 0 Å². The summed E-state index contributed by atoms with van der Waals surface area (Å²) in [6.45, 7) is 2.08. The van der Waals surface area contributed by atoms with Gasteiger partial charge in [0, 0.05) is 29.4 Å². The number of pyridine rings is 1. The molecule has 1 fully saturated rings. The van der Waals surface area contributed by atoms with Crippen LogP contribution in [0.2, 0.25) is 0 Å². The van der Waals surface area contributed by atoms with E-state index < -0.39 is 5.97 Å². The highest BCUT2D eigenvalue weighted by atomic mass is 16.5. The Bertz CT molecular complexity index is 1480. The maximum absolute atomic E-state index is 12.0. The molecule has 0 unspecified atom stereocenters. The Morgan fingerprint density at radius 3 is 2.84 bits per heavy atom. The van der Waals surface area contributed by atoms with E-state index in [9.17, 15) is 4.79 Å². The predicted octanol–water partition coefficient (Wildman–Crippen LogP) is 3.72. The standard InChI is InChI=1S/C24H20N6O2/c1-2-32-22(31)20-7-11-30(28-20)18-13-26-23-27-14-21(29(23)15-18)24(8-9-24)17-5-6-19-16(12-17)4-3-10-25-19/h3-7,10-15H,2,8-9H2,1H3. The minimum absolute atomic E-state index is 0.0933. The van der Waals surface area contributed by atoms with Crippen molar-refractivity contribution in [2.45, 2.75) is 25.2 Å². The molecule has 0 atom stereocenters. The molecule has 1 aliphatic carbocycles. The number of esters is 1. The number of ether oxygens (including phenoxy) is 1. The second-order valence-electron chi connectivity index (χ2n) is 7.98. The van der Waals surface area contributed by atoms with Crippen LogP contribution in [0, 0.1) is 0 Å². The first kappa shape index (κ1) is 18.7. The van der Waals surface area contributed by atoms with E-state index in [1.165, 1.54) is 5.56 Å². The summed E-state index contributed by atoms with van der Waals surface area (Å²) in [5.41, 5.74) is 4.26. The predicted molar refractivity (Wildman–Crippen MR) is 118 cm³/mol. The average molecular weight is 424 g/mol. The second kappa shape index (κ2) is 6.98. The highest BCUT2D eigenvalue weighted by molar-refractivity contribution is 5.87. The van der Waals surface area contributed by atoms with Crippen molar-refractivity contribution in [2.24, 2.45) is 0 Å². The number of benzene rings is 1. The van der Waals surface area contributed by atoms with Gasteiger partial charge in [-0.15, -0.1) is 0 Å². The summed E-state index contributed by atoms with van der Waals surface area (Å²) in [7, 11) is 0. The Morgan fingerprint density at radius 2 is 2.00 bits per heavy atom. The van der Waals surface area contributed by atoms with Crippen LogP contribution >= 0.6 is 0 Å². The molecule has 5 aromatic rings. The molecule has 1 aliphatic rings. The van der Waals surface area contributed by atoms with Crippen LogP contribution in [-0.4, -0.2) is 41.7 Å². The van der Waals surface area contributed by atoms with E-state index >= 15 is 0 Å². The van der Waals surface area contributed by atoms with Gasteiger partial charge in [-0.3, -0.25) is 9.38 Å². The van der Waals surface area contributed by atoms with Gasteiger partial charge in [-0.1, -0.05) is 12.1 Å². The van der Waals surface area contributed by atoms with E-state index in [1.54, 1.807) is 30.1 Å². The quantitative estimate of drug-likeness (QED) is 0.400. The van der Waals surface area contributed by atoms with Crippen LogP contribution in [0.1, 0.15) is 41.5 Å². The summed E-state index contributed by atoms with van der Waals surface area (Å²) in [6.07, 6.45) is 11.2. The van der Waals surface area contributed by atoms with Crippen LogP contribution in [-0.2, 0) is 10.2 Å². The monoisotopic (exact) mass is 424 g/mol. The van der Waals surface area contributed by atoms with Crippen molar-refractivity contribution in [1.82, 2.24) is 29.1 Å². The van der Waals surface area contributed by atoms with Gasteiger partial charge in [0.1, 0.15) is 0 Å². The molecule has 0 amide bonds. The molecular weight excluding hydrogens is 404 g/mol. The van der Waals surface area contributed by atoms with Crippen molar-refractivity contribution in [3.05, 3.63) is 84.3 Å². The molecule has 6 rings (SSSR count). The van der Waals surface area contributed by atoms with Crippen LogP contribution in [0.25, 0.3) is 22.4 Å². The van der Waals surface area contributed by atoms with Crippen molar-refractivity contribution in [2.75, 3.05) is 6.61 Å². The molecule has 8 nitrogen and oxygen atoms in total. The van der Waals surface area contributed by atoms with Gasteiger partial charge in [0.15, 0.2) is 5.69 Å². The summed E-state index contributed by atoms with van der Waals surface area (Å²) in [6, 6.07) is 12.2. The zero-order valence-electron chi connectivity index (χ0n) is 17.5. The molecule has 0 spiro atoms. The molecule has 158 valence electrons. The zero-order valence-corrected chi connectivity index (χ0v) is 17.5. The lowest BCUT2D eigenvalue weighted by atomic mass is 9.91. The fourth-order valence-corrected chi connectivity index (χ4v) is 4.31. The summed E-state index contributed by atoms with van der Waals surface area (Å²) in [4.78, 5) is 25.5. The molecule has 4 heterocycles. The Hall–Kier alpha value is -4.07. The number of carbonyl (C=O) groups is 1. The minimum Gasteiger partial charge on any atom is -0.461 e. The summed E-state index contributed by atoms with van der Waals surface area (Å²) in [5, 5.41) is 5.48. The lowest BCUT2D eigenvalue weighted by Gasteiger charge is -2.16. The van der Waals surface area contributed by atoms with Crippen molar-refractivity contribution >= 4 is 22.6 Å². The molecule has 8 heteroatoms. The number of aromatic nitrogens is 6. The molecule has 1 saturated carbocycles. The number of hydrogen-bond donors (Lipinski definition) is 0. The number of nitrogens with zero attached hydrogens (tertiary/aromatic N) is 6. The number of rotatable bonds is 5. The molecule has 0 bridgehead atoms. The number of hydrogen-bond acceptors (Lipinski definition) is 6. The number of carbonyl (C=O) groups excluding carboxylic acids is 1. The summed E-state index contributed by atoms with van der Waals surface area (Å²) in [5.74, 6) is 0.196. The van der Waals surface area contributed by atoms with E-state index in [0.717, 1.165) is 35.1 Å². The van der Waals surface area contributed by atoms with Gasteiger partial charge in [0.2, 0.25) is 5.78 Å². The van der Waals surface area contributed by atoms with E-state index in [1.807, 2.05) is 29.1 Å². The van der Waals surface area contributed by atoms with Crippen LogP contribution in [0.5, 0.6) is 0 Å². The first-order valence-corrected chi connectivity index (χ1v) is 10.6. The van der Waals surface area contributed by atoms with Gasteiger partial charge >= 0.3 is 5.97 Å². The maximum Gasteiger partial charge on any atom is 0.358 e. The molecule has 0 saturated heterocycles. The third-order valence-electron chi connectivity index (χ3n) is 6.09. The molecule has 32 heavy (non-hydrogen) atoms. The van der Waals surface area contributed by atoms with Crippen molar-refractivity contribution in [3.63, 3.8) is 0 Å². The smallest absolute Gasteiger partial charge is 0.358 e. The van der Waals surface area contributed by atoms with E-state index in [-0.39, 0.29) is 11.1 Å². The first-order valence-electron chi connectivity index (χ1n) is 10.6. The van der Waals surface area contributed by atoms with E-state index in [2.05, 4.69) is 44.3 Å². The third kappa shape index (κ3) is 2.87. The normalized spacial score (nSPS) is 14.7. The Kier molecular flexibility index (Phi) is 4.07. The molecule has 0 aliphatic heterocycles. The topological polar surface area (TPSA) is 87.2 Å². The van der Waals surface area contributed by atoms with E-state index in [0.29, 0.717) is 12.4 Å². The maximum atomic E-state index is 12.0. The average Bonchev–Trinajstić information content (AvgIpc) is 3.28. The van der Waals surface area contributed by atoms with Gasteiger partial charge in [-0.25, -0.2) is 19.4 Å². The van der Waals surface area contributed by atoms with Crippen molar-refractivity contribution in [1.29, 1.82) is 0 Å². The minimum atomic E-state index is -0.439. The molecular formula is C24H20N6O2. The fourth-order valence-electron chi connectivity index (χ4n) is 4.31. The van der Waals surface area contributed by atoms with E-state index in [4.69, 9.17) is 4.74 Å². The summed E-state index contributed by atoms with van der Waals surface area (Å²) >= 11 is 0. The van der Waals surface area contributed by atoms with Crippen molar-refractivity contribution in [3.8, 4) is 5.69 Å². The van der Waals surface area contributed by atoms with Crippen LogP contribution in [0.15, 0.2) is 67.4 Å². The molecule has 4 aromatic heterocycles. The third-order valence-corrected chi connectivity index (χ3v) is 6.09. The lowest BCUT2D eigenvalue weighted by molar-refractivity contribution is 0.0519. The number of imidazole rings is 1. The van der Waals surface area contributed by atoms with Gasteiger partial charge < -0.3 is 4.74 Å². The van der Waals surface area contributed by atoms with Gasteiger partial charge in [-0.05, 0) is 49.6 Å². The largest absolute Gasteiger partial charge is 0.461 e. The van der Waals surface area contributed by atoms with Crippen LogP contribution in [0.3, 0.4) is 0 Å². The number of fused-ring (bicyclic) bond motifs is 2. The fraction of sp³-hybridized carbons (Fsp3) is 0.208. The zero-order chi connectivity index (χ0) is 21.7. The molecule has 0 radical (unpaired) electrons. The van der Waals surface area contributed by atoms with Crippen LogP contribution < -0.4 is 0 Å². The van der Waals surface area contributed by atoms with Gasteiger partial charge in [-0.2, -0.15) is 5.10 Å². The highest BCUT2D eigenvalue weighted by Gasteiger charge is 2.48. The summed E-state index contributed by atoms with van der Waals surface area (Å²) < 4.78 is 8.69. The first-order chi connectivity index (χ1) is 15.7. The Balaban J connectivity index is 1.42. The highest BCUT2D eigenvalue weighted by Crippen LogP contribution is 2.53. The van der Waals surface area contributed by atoms with Gasteiger partial charge in [0.05, 0.1) is 35.9 Å². The Morgan fingerprint density at radius 1 is 1.12 bits per heavy atom. The SMILES string of the molecule is CCOC(=O)c1ccn(-c2cnc3ncc(C4(c5ccc6ncccc6c5)CC4)n3c2)n1.